The maximum absolute atomic E-state index is 12.9. The normalized spacial score (nSPS) is 11.9. The van der Waals surface area contributed by atoms with Crippen LogP contribution in [-0.4, -0.2) is 55.8 Å². The number of fused-ring (bicyclic) bond motifs is 1. The van der Waals surface area contributed by atoms with Crippen LogP contribution < -0.4 is 10.1 Å². The Morgan fingerprint density at radius 1 is 1.21 bits per heavy atom. The monoisotopic (exact) mass is 501 g/mol. The van der Waals surface area contributed by atoms with Crippen LogP contribution in [0, 0.1) is 0 Å². The number of carbonyl (C=O) groups excluding carboxylic acids is 2. The van der Waals surface area contributed by atoms with Crippen molar-refractivity contribution >= 4 is 51.6 Å². The first-order valence-electron chi connectivity index (χ1n) is 10.2. The summed E-state index contributed by atoms with van der Waals surface area (Å²) < 4.78 is 7.48. The molecule has 10 nitrogen and oxygen atoms in total. The van der Waals surface area contributed by atoms with E-state index in [2.05, 4.69) is 25.6 Å². The number of pyridine rings is 1. The van der Waals surface area contributed by atoms with E-state index >= 15 is 0 Å². The number of rotatable bonds is 7. The Labute approximate surface area is 204 Å². The van der Waals surface area contributed by atoms with Crippen molar-refractivity contribution < 1.29 is 14.3 Å². The summed E-state index contributed by atoms with van der Waals surface area (Å²) in [7, 11) is 3.33. The third-order valence-corrected chi connectivity index (χ3v) is 5.65. The molecule has 0 aliphatic carbocycles. The Kier molecular flexibility index (Phi) is 6.71. The van der Waals surface area contributed by atoms with E-state index in [4.69, 9.17) is 27.9 Å². The van der Waals surface area contributed by atoms with Gasteiger partial charge in [-0.25, -0.2) is 0 Å². The molecule has 0 radical (unpaired) electrons. The summed E-state index contributed by atoms with van der Waals surface area (Å²) in [5.74, 6) is -0.0417. The lowest BCUT2D eigenvalue weighted by atomic mass is 10.1. The Morgan fingerprint density at radius 3 is 2.65 bits per heavy atom. The minimum atomic E-state index is -0.458. The van der Waals surface area contributed by atoms with E-state index < -0.39 is 12.0 Å². The standard InChI is InChI=1S/C22H21Cl2N7O3/c1-12(20-16(23)8-25-9-17(20)24)34-14-4-5-18-15(6-14)21(29-28-18)22(33)27-13-7-26-31(10-13)11-19(32)30(2)3/h4-10,12H,11H2,1-3H3,(H,27,33)(H,28,29). The predicted octanol–water partition coefficient (Wildman–Crippen LogP) is 3.94. The SMILES string of the molecule is CC(Oc1ccc2[nH]nc(C(=O)Nc3cnn(CC(=O)N(C)C)c3)c2c1)c1c(Cl)cncc1Cl. The van der Waals surface area contributed by atoms with Crippen LogP contribution in [0.5, 0.6) is 5.75 Å². The van der Waals surface area contributed by atoms with Gasteiger partial charge in [-0.05, 0) is 25.1 Å². The van der Waals surface area contributed by atoms with E-state index in [0.717, 1.165) is 0 Å². The molecular weight excluding hydrogens is 481 g/mol. The molecule has 0 aliphatic rings. The zero-order valence-corrected chi connectivity index (χ0v) is 20.1. The average molecular weight is 502 g/mol. The minimum Gasteiger partial charge on any atom is -0.486 e. The van der Waals surface area contributed by atoms with Crippen LogP contribution >= 0.6 is 23.2 Å². The van der Waals surface area contributed by atoms with Crippen LogP contribution in [0.4, 0.5) is 5.69 Å². The average Bonchev–Trinajstić information content (AvgIpc) is 3.39. The number of hydrogen-bond acceptors (Lipinski definition) is 6. The van der Waals surface area contributed by atoms with Crippen molar-refractivity contribution in [1.82, 2.24) is 29.9 Å². The molecule has 4 rings (SSSR count). The molecule has 4 aromatic rings. The van der Waals surface area contributed by atoms with Crippen molar-refractivity contribution in [3.8, 4) is 5.75 Å². The van der Waals surface area contributed by atoms with Crippen LogP contribution in [0.25, 0.3) is 10.9 Å². The molecule has 0 spiro atoms. The molecule has 1 unspecified atom stereocenters. The van der Waals surface area contributed by atoms with Crippen LogP contribution in [-0.2, 0) is 11.3 Å². The van der Waals surface area contributed by atoms with Crippen molar-refractivity contribution in [2.24, 2.45) is 0 Å². The number of hydrogen-bond donors (Lipinski definition) is 2. The van der Waals surface area contributed by atoms with E-state index in [9.17, 15) is 9.59 Å². The van der Waals surface area contributed by atoms with E-state index in [1.165, 1.54) is 28.2 Å². The third kappa shape index (κ3) is 4.97. The van der Waals surface area contributed by atoms with Gasteiger partial charge in [0.2, 0.25) is 5.91 Å². The topological polar surface area (TPSA) is 118 Å². The van der Waals surface area contributed by atoms with Crippen molar-refractivity contribution in [1.29, 1.82) is 0 Å². The highest BCUT2D eigenvalue weighted by atomic mass is 35.5. The maximum Gasteiger partial charge on any atom is 0.276 e. The molecule has 0 bridgehead atoms. The number of aromatic amines is 1. The smallest absolute Gasteiger partial charge is 0.276 e. The first kappa shape index (κ1) is 23.5. The zero-order valence-electron chi connectivity index (χ0n) is 18.5. The number of carbonyl (C=O) groups is 2. The summed E-state index contributed by atoms with van der Waals surface area (Å²) in [6.45, 7) is 1.89. The van der Waals surface area contributed by atoms with Gasteiger partial charge in [0.15, 0.2) is 5.69 Å². The maximum atomic E-state index is 12.9. The molecule has 12 heteroatoms. The number of anilines is 1. The summed E-state index contributed by atoms with van der Waals surface area (Å²) in [6, 6.07) is 5.24. The van der Waals surface area contributed by atoms with E-state index in [0.29, 0.717) is 37.9 Å². The molecule has 3 aromatic heterocycles. The molecule has 34 heavy (non-hydrogen) atoms. The lowest BCUT2D eigenvalue weighted by Gasteiger charge is -2.17. The van der Waals surface area contributed by atoms with E-state index in [1.807, 2.05) is 6.92 Å². The summed E-state index contributed by atoms with van der Waals surface area (Å²) in [5.41, 5.74) is 1.91. The lowest BCUT2D eigenvalue weighted by molar-refractivity contribution is -0.129. The summed E-state index contributed by atoms with van der Waals surface area (Å²) in [4.78, 5) is 30.2. The molecular formula is C22H21Cl2N7O3. The van der Waals surface area contributed by atoms with E-state index in [-0.39, 0.29) is 18.1 Å². The van der Waals surface area contributed by atoms with E-state index in [1.54, 1.807) is 38.5 Å². The summed E-state index contributed by atoms with van der Waals surface area (Å²) in [5, 5.41) is 15.2. The highest BCUT2D eigenvalue weighted by Crippen LogP contribution is 2.33. The number of halogens is 2. The van der Waals surface area contributed by atoms with Gasteiger partial charge in [0.25, 0.3) is 5.91 Å². The van der Waals surface area contributed by atoms with Gasteiger partial charge in [0.1, 0.15) is 18.4 Å². The number of benzene rings is 1. The van der Waals surface area contributed by atoms with Gasteiger partial charge in [-0.3, -0.25) is 24.4 Å². The fourth-order valence-corrected chi connectivity index (χ4v) is 3.97. The van der Waals surface area contributed by atoms with Crippen molar-refractivity contribution in [2.45, 2.75) is 19.6 Å². The summed E-state index contributed by atoms with van der Waals surface area (Å²) >= 11 is 12.5. The Bertz CT molecular complexity index is 1350. The first-order chi connectivity index (χ1) is 16.2. The molecule has 1 atom stereocenters. The summed E-state index contributed by atoms with van der Waals surface area (Å²) in [6.07, 6.45) is 5.59. The number of aromatic nitrogens is 5. The van der Waals surface area contributed by atoms with Crippen molar-refractivity contribution in [3.63, 3.8) is 0 Å². The molecule has 3 heterocycles. The first-order valence-corrected chi connectivity index (χ1v) is 11.0. The Balaban J connectivity index is 1.52. The molecule has 0 fully saturated rings. The van der Waals surface area contributed by atoms with Crippen LogP contribution in [0.15, 0.2) is 43.0 Å². The Morgan fingerprint density at radius 2 is 1.94 bits per heavy atom. The van der Waals surface area contributed by atoms with Gasteiger partial charge in [0.05, 0.1) is 27.4 Å². The van der Waals surface area contributed by atoms with Gasteiger partial charge in [0, 0.05) is 43.6 Å². The van der Waals surface area contributed by atoms with Gasteiger partial charge >= 0.3 is 0 Å². The van der Waals surface area contributed by atoms with Gasteiger partial charge in [-0.1, -0.05) is 23.2 Å². The molecule has 0 aliphatic heterocycles. The molecule has 2 amide bonds. The highest BCUT2D eigenvalue weighted by Gasteiger charge is 2.19. The second-order valence-corrected chi connectivity index (χ2v) is 8.54. The molecule has 2 N–H and O–H groups in total. The molecule has 0 saturated heterocycles. The van der Waals surface area contributed by atoms with Gasteiger partial charge in [-0.2, -0.15) is 10.2 Å². The number of H-pyrrole nitrogens is 1. The number of ether oxygens (including phenoxy) is 1. The number of nitrogens with zero attached hydrogens (tertiary/aromatic N) is 5. The largest absolute Gasteiger partial charge is 0.486 e. The predicted molar refractivity (Wildman–Crippen MR) is 128 cm³/mol. The highest BCUT2D eigenvalue weighted by molar-refractivity contribution is 6.35. The minimum absolute atomic E-state index is 0.0681. The molecule has 176 valence electrons. The quantitative estimate of drug-likeness (QED) is 0.395. The van der Waals surface area contributed by atoms with Gasteiger partial charge in [-0.15, -0.1) is 0 Å². The number of nitrogens with one attached hydrogen (secondary N) is 2. The number of amides is 2. The van der Waals surface area contributed by atoms with Crippen LogP contribution in [0.3, 0.4) is 0 Å². The molecule has 1 aromatic carbocycles. The number of likely N-dealkylation sites (N-methyl/N-ethyl adjacent to an activating group) is 1. The fourth-order valence-electron chi connectivity index (χ4n) is 3.30. The Hall–Kier alpha value is -3.63. The fraction of sp³-hybridized carbons (Fsp3) is 0.227. The molecule has 0 saturated carbocycles. The lowest BCUT2D eigenvalue weighted by Crippen LogP contribution is -2.26. The van der Waals surface area contributed by atoms with Crippen molar-refractivity contribution in [3.05, 3.63) is 64.3 Å². The van der Waals surface area contributed by atoms with Crippen LogP contribution in [0.2, 0.25) is 10.0 Å². The van der Waals surface area contributed by atoms with Gasteiger partial charge < -0.3 is 15.0 Å². The van der Waals surface area contributed by atoms with Crippen LogP contribution in [0.1, 0.15) is 29.1 Å². The second kappa shape index (κ2) is 9.70. The van der Waals surface area contributed by atoms with Crippen molar-refractivity contribution in [2.75, 3.05) is 19.4 Å². The second-order valence-electron chi connectivity index (χ2n) is 7.73. The third-order valence-electron chi connectivity index (χ3n) is 5.05. The zero-order chi connectivity index (χ0) is 24.4.